The number of aryl methyl sites for hydroxylation is 1. The normalized spacial score (nSPS) is 12.4. The van der Waals surface area contributed by atoms with Gasteiger partial charge in [-0.2, -0.15) is 10.4 Å². The van der Waals surface area contributed by atoms with Crippen molar-refractivity contribution in [3.63, 3.8) is 0 Å². The molecule has 1 unspecified atom stereocenters. The van der Waals surface area contributed by atoms with Crippen molar-refractivity contribution in [3.05, 3.63) is 18.0 Å². The summed E-state index contributed by atoms with van der Waals surface area (Å²) in [6.07, 6.45) is 4.67. The Hall–Kier alpha value is -1.34. The fraction of sp³-hybridized carbons (Fsp3) is 0.600. The van der Waals surface area contributed by atoms with Gasteiger partial charge in [0.1, 0.15) is 0 Å². The van der Waals surface area contributed by atoms with Crippen molar-refractivity contribution in [2.24, 2.45) is 0 Å². The molecule has 1 heterocycles. The first-order valence-electron chi connectivity index (χ1n) is 4.88. The number of nitrogens with zero attached hydrogens (tertiary/aromatic N) is 3. The summed E-state index contributed by atoms with van der Waals surface area (Å²) in [5.74, 6) is 0. The molecule has 1 rings (SSSR count). The van der Waals surface area contributed by atoms with Crippen LogP contribution in [0.3, 0.4) is 0 Å². The maximum absolute atomic E-state index is 8.69. The van der Waals surface area contributed by atoms with Crippen molar-refractivity contribution in [1.82, 2.24) is 15.1 Å². The standard InChI is InChI=1S/C10H16N4/c1-3-10(6-11)12-4-5-14-8-9(2)7-13-14/h7-8,10,12H,3-5H2,1-2H3. The number of hydrogen-bond acceptors (Lipinski definition) is 3. The minimum atomic E-state index is -0.0355. The van der Waals surface area contributed by atoms with E-state index in [0.717, 1.165) is 25.1 Å². The van der Waals surface area contributed by atoms with Crippen molar-refractivity contribution in [2.45, 2.75) is 32.9 Å². The number of aromatic nitrogens is 2. The predicted octanol–water partition coefficient (Wildman–Crippen LogP) is 1.08. The van der Waals surface area contributed by atoms with E-state index in [-0.39, 0.29) is 6.04 Å². The molecule has 0 aliphatic heterocycles. The Morgan fingerprint density at radius 3 is 3.00 bits per heavy atom. The van der Waals surface area contributed by atoms with Crippen molar-refractivity contribution in [2.75, 3.05) is 6.54 Å². The summed E-state index contributed by atoms with van der Waals surface area (Å²) < 4.78 is 1.88. The number of nitriles is 1. The zero-order chi connectivity index (χ0) is 10.4. The zero-order valence-electron chi connectivity index (χ0n) is 8.70. The summed E-state index contributed by atoms with van der Waals surface area (Å²) in [4.78, 5) is 0. The number of hydrogen-bond donors (Lipinski definition) is 1. The molecule has 4 heteroatoms. The van der Waals surface area contributed by atoms with E-state index in [1.165, 1.54) is 0 Å². The van der Waals surface area contributed by atoms with Crippen LogP contribution in [0.5, 0.6) is 0 Å². The van der Waals surface area contributed by atoms with Gasteiger partial charge in [0.15, 0.2) is 0 Å². The predicted molar refractivity (Wildman–Crippen MR) is 54.7 cm³/mol. The van der Waals surface area contributed by atoms with Gasteiger partial charge in [0, 0.05) is 12.7 Å². The summed E-state index contributed by atoms with van der Waals surface area (Å²) in [5, 5.41) is 16.0. The second-order valence-corrected chi connectivity index (χ2v) is 3.32. The molecule has 0 saturated heterocycles. The SMILES string of the molecule is CCC(C#N)NCCn1cc(C)cn1. The molecule has 0 aromatic carbocycles. The molecule has 14 heavy (non-hydrogen) atoms. The third-order valence-corrected chi connectivity index (χ3v) is 2.06. The highest BCUT2D eigenvalue weighted by Gasteiger charge is 2.01. The highest BCUT2D eigenvalue weighted by atomic mass is 15.3. The first-order chi connectivity index (χ1) is 6.76. The lowest BCUT2D eigenvalue weighted by atomic mass is 10.2. The van der Waals surface area contributed by atoms with Crippen LogP contribution in [0.15, 0.2) is 12.4 Å². The van der Waals surface area contributed by atoms with Crippen molar-refractivity contribution in [1.29, 1.82) is 5.26 Å². The van der Waals surface area contributed by atoms with Gasteiger partial charge >= 0.3 is 0 Å². The van der Waals surface area contributed by atoms with Gasteiger partial charge in [-0.25, -0.2) is 0 Å². The molecule has 1 N–H and O–H groups in total. The summed E-state index contributed by atoms with van der Waals surface area (Å²) in [5.41, 5.74) is 1.16. The molecule has 1 aromatic heterocycles. The first-order valence-corrected chi connectivity index (χ1v) is 4.88. The van der Waals surface area contributed by atoms with Crippen LogP contribution in [0.4, 0.5) is 0 Å². The summed E-state index contributed by atoms with van der Waals surface area (Å²) >= 11 is 0. The molecule has 76 valence electrons. The maximum atomic E-state index is 8.69. The fourth-order valence-electron chi connectivity index (χ4n) is 1.22. The molecule has 0 bridgehead atoms. The molecule has 1 aromatic rings. The lowest BCUT2D eigenvalue weighted by molar-refractivity contribution is 0.517. The third kappa shape index (κ3) is 3.19. The Morgan fingerprint density at radius 1 is 1.71 bits per heavy atom. The second kappa shape index (κ2) is 5.40. The van der Waals surface area contributed by atoms with E-state index >= 15 is 0 Å². The van der Waals surface area contributed by atoms with Crippen LogP contribution in [-0.2, 0) is 6.54 Å². The highest BCUT2D eigenvalue weighted by Crippen LogP contribution is 1.93. The highest BCUT2D eigenvalue weighted by molar-refractivity contribution is 4.99. The Morgan fingerprint density at radius 2 is 2.50 bits per heavy atom. The maximum Gasteiger partial charge on any atom is 0.0950 e. The average Bonchev–Trinajstić information content (AvgIpc) is 2.59. The van der Waals surface area contributed by atoms with Crippen LogP contribution in [0, 0.1) is 18.3 Å². The molecule has 0 aliphatic rings. The van der Waals surface area contributed by atoms with Gasteiger partial charge < -0.3 is 5.32 Å². The lowest BCUT2D eigenvalue weighted by Gasteiger charge is -2.08. The van der Waals surface area contributed by atoms with E-state index in [4.69, 9.17) is 5.26 Å². The van der Waals surface area contributed by atoms with E-state index < -0.39 is 0 Å². The Labute approximate surface area is 84.5 Å². The lowest BCUT2D eigenvalue weighted by Crippen LogP contribution is -2.30. The van der Waals surface area contributed by atoms with E-state index in [2.05, 4.69) is 16.5 Å². The van der Waals surface area contributed by atoms with Crippen LogP contribution in [0.2, 0.25) is 0 Å². The quantitative estimate of drug-likeness (QED) is 0.759. The average molecular weight is 192 g/mol. The van der Waals surface area contributed by atoms with Gasteiger partial charge in [0.2, 0.25) is 0 Å². The van der Waals surface area contributed by atoms with E-state index in [0.29, 0.717) is 0 Å². The fourth-order valence-corrected chi connectivity index (χ4v) is 1.22. The van der Waals surface area contributed by atoms with Crippen LogP contribution < -0.4 is 5.32 Å². The molecular formula is C10H16N4. The topological polar surface area (TPSA) is 53.6 Å². The molecule has 0 amide bonds. The Bertz CT molecular complexity index is 310. The van der Waals surface area contributed by atoms with Gasteiger partial charge in [-0.05, 0) is 18.9 Å². The van der Waals surface area contributed by atoms with Gasteiger partial charge in [-0.15, -0.1) is 0 Å². The number of rotatable bonds is 5. The van der Waals surface area contributed by atoms with Crippen LogP contribution >= 0.6 is 0 Å². The van der Waals surface area contributed by atoms with Crippen molar-refractivity contribution < 1.29 is 0 Å². The van der Waals surface area contributed by atoms with Crippen LogP contribution in [0.25, 0.3) is 0 Å². The molecule has 1 atom stereocenters. The van der Waals surface area contributed by atoms with Crippen molar-refractivity contribution in [3.8, 4) is 6.07 Å². The van der Waals surface area contributed by atoms with E-state index in [9.17, 15) is 0 Å². The van der Waals surface area contributed by atoms with Crippen LogP contribution in [0.1, 0.15) is 18.9 Å². The molecule has 0 fully saturated rings. The van der Waals surface area contributed by atoms with E-state index in [1.54, 1.807) is 0 Å². The monoisotopic (exact) mass is 192 g/mol. The smallest absolute Gasteiger partial charge is 0.0950 e. The molecule has 0 spiro atoms. The molecule has 0 saturated carbocycles. The van der Waals surface area contributed by atoms with Crippen LogP contribution in [-0.4, -0.2) is 22.4 Å². The largest absolute Gasteiger partial charge is 0.300 e. The minimum Gasteiger partial charge on any atom is -0.300 e. The second-order valence-electron chi connectivity index (χ2n) is 3.32. The van der Waals surface area contributed by atoms with Crippen molar-refractivity contribution >= 4 is 0 Å². The summed E-state index contributed by atoms with van der Waals surface area (Å²) in [6, 6.07) is 2.17. The van der Waals surface area contributed by atoms with Gasteiger partial charge in [-0.3, -0.25) is 4.68 Å². The minimum absolute atomic E-state index is 0.0355. The summed E-state index contributed by atoms with van der Waals surface area (Å²) in [7, 11) is 0. The zero-order valence-corrected chi connectivity index (χ0v) is 8.70. The van der Waals surface area contributed by atoms with Gasteiger partial charge in [-0.1, -0.05) is 6.92 Å². The van der Waals surface area contributed by atoms with E-state index in [1.807, 2.05) is 30.9 Å². The molecular weight excluding hydrogens is 176 g/mol. The molecule has 0 aliphatic carbocycles. The Balaban J connectivity index is 2.25. The third-order valence-electron chi connectivity index (χ3n) is 2.06. The number of nitrogens with one attached hydrogen (secondary N) is 1. The van der Waals surface area contributed by atoms with Gasteiger partial charge in [0.25, 0.3) is 0 Å². The molecule has 0 radical (unpaired) electrons. The summed E-state index contributed by atoms with van der Waals surface area (Å²) in [6.45, 7) is 5.61. The molecule has 4 nitrogen and oxygen atoms in total. The Kier molecular flexibility index (Phi) is 4.14. The first kappa shape index (κ1) is 10.7. The van der Waals surface area contributed by atoms with Gasteiger partial charge in [0.05, 0.1) is 24.9 Å².